The Morgan fingerprint density at radius 2 is 0.592 bits per heavy atom. The lowest BCUT2D eigenvalue weighted by Crippen LogP contribution is -2.19. The second-order valence-electron chi connectivity index (χ2n) is 31.1. The molecular weight excluding hydrogens is 1650 g/mol. The van der Waals surface area contributed by atoms with Gasteiger partial charge in [-0.25, -0.2) is 66.6 Å². The average Bonchev–Trinajstić information content (AvgIpc) is 1.62. The molecule has 0 saturated heterocycles. The van der Waals surface area contributed by atoms with Crippen LogP contribution in [0.1, 0.15) is 97.8 Å². The van der Waals surface area contributed by atoms with E-state index in [1.54, 1.807) is 91.5 Å². The number of pyridine rings is 4. The summed E-state index contributed by atoms with van der Waals surface area (Å²) in [5.41, 5.74) is 44.5. The maximum atomic E-state index is 13.3. The molecule has 28 nitrogen and oxygen atoms in total. The van der Waals surface area contributed by atoms with E-state index in [0.717, 1.165) is 175 Å². The fourth-order valence-corrected chi connectivity index (χ4v) is 15.3. The van der Waals surface area contributed by atoms with Crippen LogP contribution in [-0.2, 0) is 28.2 Å². The summed E-state index contributed by atoms with van der Waals surface area (Å²) < 4.78 is 33.2. The molecule has 0 aliphatic heterocycles. The highest BCUT2D eigenvalue weighted by Crippen LogP contribution is 2.47. The van der Waals surface area contributed by atoms with Gasteiger partial charge in [-0.2, -0.15) is 20.4 Å². The minimum absolute atomic E-state index is 0.150. The smallest absolute Gasteiger partial charge is 0.323 e. The number of rotatable bonds is 16. The lowest BCUT2D eigenvalue weighted by Gasteiger charge is -2.11. The van der Waals surface area contributed by atoms with E-state index < -0.39 is 17.7 Å². The molecule has 4 saturated carbocycles. The molecule has 0 bridgehead atoms. The van der Waals surface area contributed by atoms with Crippen LogP contribution in [0.3, 0.4) is 0 Å². The molecule has 4 aliphatic rings. The van der Waals surface area contributed by atoms with Gasteiger partial charge < -0.3 is 65.5 Å². The molecule has 8 aromatic carbocycles. The lowest BCUT2D eigenvalue weighted by molar-refractivity contribution is 0.261. The van der Waals surface area contributed by atoms with E-state index in [9.17, 15) is 28.0 Å². The number of hydrogen-bond donors (Lipinski definition) is 12. The highest BCUT2D eigenvalue weighted by molar-refractivity contribution is 6.34. The number of nitrogens with two attached hydrogens (primary N) is 4. The number of anilines is 12. The fourth-order valence-electron chi connectivity index (χ4n) is 14.8. The van der Waals surface area contributed by atoms with E-state index in [1.807, 2.05) is 125 Å². The molecule has 16 N–H and O–H groups in total. The number of nitrogen functional groups attached to an aromatic ring is 4. The number of halogens is 5. The van der Waals surface area contributed by atoms with Crippen LogP contribution in [0.4, 0.5) is 96.7 Å². The molecule has 8 heterocycles. The molecule has 4 aliphatic carbocycles. The van der Waals surface area contributed by atoms with Gasteiger partial charge in [-0.05, 0) is 235 Å². The summed E-state index contributed by atoms with van der Waals surface area (Å²) in [6.45, 7) is 0. The van der Waals surface area contributed by atoms with Crippen molar-refractivity contribution in [3.8, 4) is 44.5 Å². The monoisotopic (exact) mass is 1730 g/mol. The van der Waals surface area contributed by atoms with Crippen LogP contribution in [0.2, 0.25) is 15.1 Å². The summed E-state index contributed by atoms with van der Waals surface area (Å²) in [6.07, 6.45) is 9.23. The van der Waals surface area contributed by atoms with Crippen molar-refractivity contribution >= 4 is 172 Å². The van der Waals surface area contributed by atoms with Gasteiger partial charge in [0.05, 0.1) is 32.3 Å². The van der Waals surface area contributed by atoms with Gasteiger partial charge >= 0.3 is 24.1 Å². The molecule has 33 heteroatoms. The Hall–Kier alpha value is -14.8. The number of benzene rings is 8. The molecule has 0 radical (unpaired) electrons. The number of nitrogens with zero attached hydrogens (tertiary/aromatic N) is 12. The third-order valence-electron chi connectivity index (χ3n) is 21.6. The van der Waals surface area contributed by atoms with Crippen LogP contribution in [0, 0.1) is 11.6 Å². The third-order valence-corrected chi connectivity index (χ3v) is 22.5. The number of fused-ring (bicyclic) bond motifs is 4. The van der Waals surface area contributed by atoms with E-state index >= 15 is 0 Å². The second-order valence-corrected chi connectivity index (χ2v) is 32.3. The zero-order valence-corrected chi connectivity index (χ0v) is 70.1. The van der Waals surface area contributed by atoms with E-state index in [2.05, 4.69) is 87.2 Å². The summed E-state index contributed by atoms with van der Waals surface area (Å²) in [7, 11) is 7.40. The first-order valence-corrected chi connectivity index (χ1v) is 41.4. The van der Waals surface area contributed by atoms with Gasteiger partial charge in [0.2, 0.25) is 0 Å². The van der Waals surface area contributed by atoms with Crippen molar-refractivity contribution in [2.45, 2.75) is 75.0 Å². The summed E-state index contributed by atoms with van der Waals surface area (Å²) >= 11 is 17.9. The molecule has 630 valence electrons. The Balaban J connectivity index is 0.000000118. The highest BCUT2D eigenvalue weighted by atomic mass is 35.5. The Kier molecular flexibility index (Phi) is 23.1. The maximum Gasteiger partial charge on any atom is 0.323 e. The van der Waals surface area contributed by atoms with Crippen molar-refractivity contribution in [3.63, 3.8) is 0 Å². The number of carbonyl (C=O) groups is 4. The van der Waals surface area contributed by atoms with Crippen LogP contribution < -0.4 is 65.5 Å². The SMILES string of the molecule is Cn1nc(N)c2c(-c3ccc(NC(=O)Nc4ccc(Cl)cc4)cc3)cc(C3CC3)nc21.Cn1nc(N)c2c(-c3ccc(NC(=O)Nc4ccc(F)c(F)c4)cc3)cc(C3CC3)nc21.Cn1nc(N)c2c(-c3ccc(NC(=O)Nc4cccc(Cl)c4)cc3)cc(C3CC3)nc21.Cn1nc(N)c2c(-c3ccc(NC(=O)Nc4ccccc4Cl)cc3)cc(C3CC3)nc21. The summed E-state index contributed by atoms with van der Waals surface area (Å²) in [5, 5.41) is 44.4. The average molecular weight is 1730 g/mol. The fraction of sp³-hybridized carbons (Fsp3) is 0.174. The minimum Gasteiger partial charge on any atom is -0.382 e. The number of aromatic nitrogens is 12. The number of amides is 8. The number of carbonyl (C=O) groups excluding carboxylic acids is 4. The predicted molar refractivity (Wildman–Crippen MR) is 493 cm³/mol. The van der Waals surface area contributed by atoms with Gasteiger partial charge in [-0.15, -0.1) is 0 Å². The molecular formula is C92H83Cl3F2N24O4. The second kappa shape index (κ2) is 35.0. The van der Waals surface area contributed by atoms with Gasteiger partial charge in [0.1, 0.15) is 0 Å². The summed E-state index contributed by atoms with van der Waals surface area (Å²) in [5.74, 6) is 1.80. The number of aryl methyl sites for hydroxylation is 4. The molecule has 0 spiro atoms. The van der Waals surface area contributed by atoms with Gasteiger partial charge in [0.25, 0.3) is 0 Å². The minimum atomic E-state index is -1.03. The quantitative estimate of drug-likeness (QED) is 0.0427. The normalized spacial score (nSPS) is 13.4. The van der Waals surface area contributed by atoms with Crippen molar-refractivity contribution in [3.05, 3.63) is 262 Å². The predicted octanol–water partition coefficient (Wildman–Crippen LogP) is 21.2. The first kappa shape index (κ1) is 82.6. The number of nitrogens with one attached hydrogen (secondary N) is 8. The van der Waals surface area contributed by atoms with Crippen molar-refractivity contribution in [2.75, 3.05) is 65.5 Å². The van der Waals surface area contributed by atoms with Crippen LogP contribution in [0.15, 0.2) is 212 Å². The summed E-state index contributed by atoms with van der Waals surface area (Å²) in [6, 6.07) is 61.3. The Bertz CT molecular complexity index is 6850. The van der Waals surface area contributed by atoms with Crippen molar-refractivity contribution in [1.29, 1.82) is 0 Å². The van der Waals surface area contributed by atoms with Crippen LogP contribution >= 0.6 is 34.8 Å². The molecule has 125 heavy (non-hydrogen) atoms. The standard InChI is InChI=1S/3C23H21ClN6O.C23H20F2N6O/c1-30-22-20(21(25)29-30)18(12-19(28-22)14-2-3-14)13-4-8-16(9-5-13)26-23(31)27-17-10-6-15(24)7-11-17;1-30-22-20(21(25)29-30)18(12-19(28-22)14-5-6-14)13-7-9-16(10-8-13)26-23(31)27-17-4-2-3-15(24)11-17;1-30-22-20(21(25)29-30)16(12-19(27-22)14-6-7-14)13-8-10-15(11-9-13)26-23(31)28-18-5-3-2-4-17(18)24;1-31-22-20(21(26)30-31)16(11-19(29-22)13-2-3-13)12-4-6-14(7-5-12)27-23(32)28-15-8-9-17(24)18(25)10-15/h4-12,14H,2-3H2,1H3,(H2,25,29)(H2,26,27,31);2-4,7-12,14H,5-6H2,1H3,(H2,25,29)(H2,26,27,31);2-5,8-12,14H,6-7H2,1H3,(H2,25,29)(H2,26,28,31);4-11,13H,2-3H2,1H3,(H2,26,30)(H2,27,28,32). The zero-order chi connectivity index (χ0) is 87.0. The van der Waals surface area contributed by atoms with E-state index in [4.69, 9.17) is 77.7 Å². The van der Waals surface area contributed by atoms with E-state index in [-0.39, 0.29) is 23.8 Å². The molecule has 0 atom stereocenters. The molecule has 0 unspecified atom stereocenters. The number of para-hydroxylation sites is 1. The van der Waals surface area contributed by atoms with Crippen LogP contribution in [0.25, 0.3) is 88.6 Å². The number of hydrogen-bond acceptors (Lipinski definition) is 16. The van der Waals surface area contributed by atoms with Crippen LogP contribution in [0.5, 0.6) is 0 Å². The first-order valence-electron chi connectivity index (χ1n) is 40.3. The third kappa shape index (κ3) is 19.0. The van der Waals surface area contributed by atoms with Gasteiger partial charge in [-0.1, -0.05) is 102 Å². The Labute approximate surface area is 729 Å². The summed E-state index contributed by atoms with van der Waals surface area (Å²) in [4.78, 5) is 68.2. The molecule has 8 aromatic heterocycles. The molecule has 4 fully saturated rings. The van der Waals surface area contributed by atoms with Gasteiger partial charge in [0, 0.05) is 131 Å². The highest BCUT2D eigenvalue weighted by Gasteiger charge is 2.32. The van der Waals surface area contributed by atoms with Gasteiger partial charge in [-0.3, -0.25) is 0 Å². The Morgan fingerprint density at radius 3 is 0.888 bits per heavy atom. The van der Waals surface area contributed by atoms with Crippen molar-refractivity contribution in [1.82, 2.24) is 59.1 Å². The van der Waals surface area contributed by atoms with Gasteiger partial charge in [0.15, 0.2) is 57.5 Å². The Morgan fingerprint density at radius 1 is 0.312 bits per heavy atom. The molecule has 8 amide bonds. The van der Waals surface area contributed by atoms with Crippen LogP contribution in [-0.4, -0.2) is 83.2 Å². The molecule has 20 rings (SSSR count). The van der Waals surface area contributed by atoms with E-state index in [1.165, 1.54) is 6.07 Å². The molecule has 16 aromatic rings. The first-order chi connectivity index (χ1) is 60.3. The van der Waals surface area contributed by atoms with Crippen molar-refractivity contribution < 1.29 is 28.0 Å². The van der Waals surface area contributed by atoms with Crippen molar-refractivity contribution in [2.24, 2.45) is 28.2 Å². The number of urea groups is 4. The van der Waals surface area contributed by atoms with E-state index in [0.29, 0.717) is 102 Å². The zero-order valence-electron chi connectivity index (χ0n) is 67.9. The topological polar surface area (TPSA) is 391 Å². The largest absolute Gasteiger partial charge is 0.382 e. The lowest BCUT2D eigenvalue weighted by atomic mass is 10.0. The maximum absolute atomic E-state index is 13.3.